The molecule has 0 saturated carbocycles. The van der Waals surface area contributed by atoms with Gasteiger partial charge in [-0.15, -0.1) is 0 Å². The molecule has 48 valence electrons. The van der Waals surface area contributed by atoms with Crippen molar-refractivity contribution >= 4 is 0 Å². The number of rotatable bonds is 2. The number of likely N-dealkylation sites (N-methyl/N-ethyl adjacent to an activating group) is 1. The molecule has 0 unspecified atom stereocenters. The average Bonchev–Trinajstić information content (AvgIpc) is 2.19. The summed E-state index contributed by atoms with van der Waals surface area (Å²) in [7, 11) is 2.08. The molecule has 1 rings (SSSR count). The first-order chi connectivity index (χ1) is 3.93. The summed E-state index contributed by atoms with van der Waals surface area (Å²) in [6, 6.07) is 0. The van der Waals surface area contributed by atoms with Crippen LogP contribution < -0.4 is 5.32 Å². The zero-order valence-corrected chi connectivity index (χ0v) is 5.39. The van der Waals surface area contributed by atoms with Crippen LogP contribution in [0.4, 0.5) is 0 Å². The van der Waals surface area contributed by atoms with Crippen LogP contribution in [0.2, 0.25) is 0 Å². The van der Waals surface area contributed by atoms with Crippen LogP contribution in [0.3, 0.4) is 0 Å². The number of nitrogens with two attached hydrogens (primary N) is 1. The molecule has 1 heterocycles. The van der Waals surface area contributed by atoms with Crippen molar-refractivity contribution in [1.29, 1.82) is 0 Å². The van der Waals surface area contributed by atoms with Crippen molar-refractivity contribution in [3.8, 4) is 0 Å². The highest BCUT2D eigenvalue weighted by Crippen LogP contribution is 2.08. The van der Waals surface area contributed by atoms with E-state index in [9.17, 15) is 0 Å². The van der Waals surface area contributed by atoms with Crippen LogP contribution >= 0.6 is 0 Å². The lowest BCUT2D eigenvalue weighted by Gasteiger charge is -2.03. The lowest BCUT2D eigenvalue weighted by Crippen LogP contribution is -2.82. The van der Waals surface area contributed by atoms with Crippen LogP contribution in [-0.2, 0) is 4.74 Å². The molecule has 2 heteroatoms. The Kier molecular flexibility index (Phi) is 2.30. The van der Waals surface area contributed by atoms with Crippen LogP contribution in [0.25, 0.3) is 0 Å². The van der Waals surface area contributed by atoms with E-state index in [-0.39, 0.29) is 0 Å². The Balaban J connectivity index is 2.06. The van der Waals surface area contributed by atoms with Crippen LogP contribution in [0.1, 0.15) is 12.8 Å². The molecule has 2 nitrogen and oxygen atoms in total. The highest BCUT2D eigenvalue weighted by atomic mass is 16.5. The average molecular weight is 116 g/mol. The fourth-order valence-corrected chi connectivity index (χ4v) is 1.09. The number of hydrogen-bond acceptors (Lipinski definition) is 1. The zero-order chi connectivity index (χ0) is 5.82. The Morgan fingerprint density at radius 1 is 1.75 bits per heavy atom. The Morgan fingerprint density at radius 2 is 2.62 bits per heavy atom. The SMILES string of the molecule is C[NH2+]C[C@@H]1CCCO1. The predicted molar refractivity (Wildman–Crippen MR) is 31.7 cm³/mol. The van der Waals surface area contributed by atoms with Crippen LogP contribution in [-0.4, -0.2) is 26.3 Å². The second kappa shape index (κ2) is 3.05. The summed E-state index contributed by atoms with van der Waals surface area (Å²) in [6.45, 7) is 2.12. The highest BCUT2D eigenvalue weighted by Gasteiger charge is 2.15. The number of ether oxygens (including phenoxy) is 1. The maximum absolute atomic E-state index is 5.36. The van der Waals surface area contributed by atoms with Gasteiger partial charge in [-0.1, -0.05) is 0 Å². The van der Waals surface area contributed by atoms with Gasteiger partial charge in [0.15, 0.2) is 0 Å². The summed E-state index contributed by atoms with van der Waals surface area (Å²) in [4.78, 5) is 0. The highest BCUT2D eigenvalue weighted by molar-refractivity contribution is 4.61. The van der Waals surface area contributed by atoms with Gasteiger partial charge in [0, 0.05) is 6.61 Å². The third-order valence-electron chi connectivity index (χ3n) is 1.52. The van der Waals surface area contributed by atoms with Crippen molar-refractivity contribution in [3.63, 3.8) is 0 Å². The van der Waals surface area contributed by atoms with Gasteiger partial charge < -0.3 is 10.1 Å². The Labute approximate surface area is 50.2 Å². The van der Waals surface area contributed by atoms with Gasteiger partial charge >= 0.3 is 0 Å². The van der Waals surface area contributed by atoms with Gasteiger partial charge in [0.2, 0.25) is 0 Å². The molecular weight excluding hydrogens is 102 g/mol. The van der Waals surface area contributed by atoms with Crippen LogP contribution in [0.15, 0.2) is 0 Å². The fraction of sp³-hybridized carbons (Fsp3) is 1.00. The van der Waals surface area contributed by atoms with E-state index in [1.165, 1.54) is 12.8 Å². The molecule has 1 fully saturated rings. The van der Waals surface area contributed by atoms with Crippen molar-refractivity contribution in [1.82, 2.24) is 0 Å². The summed E-state index contributed by atoms with van der Waals surface area (Å²) in [5, 5.41) is 2.18. The van der Waals surface area contributed by atoms with Gasteiger partial charge in [-0.3, -0.25) is 0 Å². The molecular formula is C6H14NO+. The summed E-state index contributed by atoms with van der Waals surface area (Å²) < 4.78 is 5.36. The van der Waals surface area contributed by atoms with Gasteiger partial charge in [0.05, 0.1) is 7.05 Å². The van der Waals surface area contributed by atoms with E-state index < -0.39 is 0 Å². The van der Waals surface area contributed by atoms with Gasteiger partial charge in [-0.25, -0.2) is 0 Å². The first-order valence-corrected chi connectivity index (χ1v) is 3.33. The van der Waals surface area contributed by atoms with Crippen LogP contribution in [0, 0.1) is 0 Å². The second-order valence-electron chi connectivity index (χ2n) is 2.28. The van der Waals surface area contributed by atoms with Gasteiger partial charge in [0.1, 0.15) is 12.6 Å². The van der Waals surface area contributed by atoms with Crippen molar-refractivity contribution in [3.05, 3.63) is 0 Å². The number of quaternary nitrogens is 1. The summed E-state index contributed by atoms with van der Waals surface area (Å²) in [5.41, 5.74) is 0. The molecule has 1 aliphatic rings. The maximum Gasteiger partial charge on any atom is 0.106 e. The molecule has 1 aliphatic heterocycles. The van der Waals surface area contributed by atoms with Crippen LogP contribution in [0.5, 0.6) is 0 Å². The Bertz CT molecular complexity index is 59.5. The minimum absolute atomic E-state index is 0.556. The molecule has 0 spiro atoms. The largest absolute Gasteiger partial charge is 0.372 e. The third kappa shape index (κ3) is 1.46. The van der Waals surface area contributed by atoms with Gasteiger partial charge in [-0.05, 0) is 12.8 Å². The number of hydrogen-bond donors (Lipinski definition) is 1. The topological polar surface area (TPSA) is 25.8 Å². The molecule has 8 heavy (non-hydrogen) atoms. The first kappa shape index (κ1) is 6.05. The minimum atomic E-state index is 0.556. The normalized spacial score (nSPS) is 28.9. The predicted octanol–water partition coefficient (Wildman–Crippen LogP) is -0.641. The van der Waals surface area contributed by atoms with Crippen molar-refractivity contribution in [2.24, 2.45) is 0 Å². The standard InChI is InChI=1S/C6H13NO/c1-7-5-6-3-2-4-8-6/h6-7H,2-5H2,1H3/p+1/t6-/m0/s1. The molecule has 0 amide bonds. The molecule has 0 radical (unpaired) electrons. The summed E-state index contributed by atoms with van der Waals surface area (Å²) >= 11 is 0. The Hall–Kier alpha value is -0.0800. The quantitative estimate of drug-likeness (QED) is 0.510. The molecule has 0 aromatic rings. The summed E-state index contributed by atoms with van der Waals surface area (Å²) in [5.74, 6) is 0. The smallest absolute Gasteiger partial charge is 0.106 e. The molecule has 1 saturated heterocycles. The van der Waals surface area contributed by atoms with E-state index in [1.807, 2.05) is 0 Å². The fourth-order valence-electron chi connectivity index (χ4n) is 1.09. The van der Waals surface area contributed by atoms with E-state index >= 15 is 0 Å². The maximum atomic E-state index is 5.36. The lowest BCUT2D eigenvalue weighted by molar-refractivity contribution is -0.633. The van der Waals surface area contributed by atoms with E-state index in [4.69, 9.17) is 4.74 Å². The molecule has 1 atom stereocenters. The zero-order valence-electron chi connectivity index (χ0n) is 5.39. The summed E-state index contributed by atoms with van der Waals surface area (Å²) in [6.07, 6.45) is 3.09. The minimum Gasteiger partial charge on any atom is -0.372 e. The van der Waals surface area contributed by atoms with E-state index in [1.54, 1.807) is 0 Å². The molecule has 0 aromatic carbocycles. The second-order valence-corrected chi connectivity index (χ2v) is 2.28. The molecule has 0 bridgehead atoms. The van der Waals surface area contributed by atoms with E-state index in [2.05, 4.69) is 12.4 Å². The van der Waals surface area contributed by atoms with Crippen molar-refractivity contribution in [2.45, 2.75) is 18.9 Å². The van der Waals surface area contributed by atoms with Crippen molar-refractivity contribution in [2.75, 3.05) is 20.2 Å². The molecule has 0 aliphatic carbocycles. The monoisotopic (exact) mass is 116 g/mol. The lowest BCUT2D eigenvalue weighted by atomic mass is 10.2. The van der Waals surface area contributed by atoms with E-state index in [0.717, 1.165) is 13.2 Å². The molecule has 0 aromatic heterocycles. The third-order valence-corrected chi connectivity index (χ3v) is 1.52. The Morgan fingerprint density at radius 3 is 3.12 bits per heavy atom. The van der Waals surface area contributed by atoms with Gasteiger partial charge in [-0.2, -0.15) is 0 Å². The van der Waals surface area contributed by atoms with E-state index in [0.29, 0.717) is 6.10 Å². The first-order valence-electron chi connectivity index (χ1n) is 3.33. The molecule has 2 N–H and O–H groups in total. The van der Waals surface area contributed by atoms with Crippen molar-refractivity contribution < 1.29 is 10.1 Å². The van der Waals surface area contributed by atoms with Gasteiger partial charge in [0.25, 0.3) is 0 Å².